The molecule has 0 unspecified atom stereocenters. The lowest BCUT2D eigenvalue weighted by atomic mass is 9.96. The Hall–Kier alpha value is -1.53. The zero-order chi connectivity index (χ0) is 14.7. The van der Waals surface area contributed by atoms with Crippen LogP contribution in [-0.4, -0.2) is 39.3 Å². The van der Waals surface area contributed by atoms with Crippen molar-refractivity contribution in [3.05, 3.63) is 23.8 Å². The predicted molar refractivity (Wildman–Crippen MR) is 82.0 cm³/mol. The third-order valence-electron chi connectivity index (χ3n) is 3.93. The van der Waals surface area contributed by atoms with Crippen LogP contribution < -0.4 is 0 Å². The molecule has 112 valence electrons. The summed E-state index contributed by atoms with van der Waals surface area (Å²) in [4.78, 5) is 14.1. The van der Waals surface area contributed by atoms with Gasteiger partial charge in [0.25, 0.3) is 0 Å². The fourth-order valence-electron chi connectivity index (χ4n) is 2.77. The van der Waals surface area contributed by atoms with Crippen LogP contribution in [0.3, 0.4) is 0 Å². The second kappa shape index (κ2) is 6.49. The second-order valence-electron chi connectivity index (χ2n) is 5.39. The van der Waals surface area contributed by atoms with Gasteiger partial charge in [-0.15, -0.1) is 0 Å². The molecule has 2 heterocycles. The number of hydrogen-bond acceptors (Lipinski definition) is 6. The maximum Gasteiger partial charge on any atom is 0.309 e. The summed E-state index contributed by atoms with van der Waals surface area (Å²) >= 11 is 1.25. The first-order chi connectivity index (χ1) is 10.3. The highest BCUT2D eigenvalue weighted by atomic mass is 32.1. The zero-order valence-corrected chi connectivity index (χ0v) is 12.9. The van der Waals surface area contributed by atoms with Crippen LogP contribution in [0.15, 0.2) is 18.2 Å². The number of fused-ring (bicyclic) bond motifs is 1. The Balaban J connectivity index is 1.56. The summed E-state index contributed by atoms with van der Waals surface area (Å²) in [5.41, 5.74) is 3.19. The summed E-state index contributed by atoms with van der Waals surface area (Å²) in [6, 6.07) is 6.25. The molecule has 0 radical (unpaired) electrons. The molecule has 0 saturated carbocycles. The Bertz CT molecular complexity index is 620. The normalized spacial score (nSPS) is 17.2. The molecule has 0 bridgehead atoms. The number of ether oxygens (including phenoxy) is 1. The van der Waals surface area contributed by atoms with Crippen LogP contribution in [0.1, 0.15) is 25.3 Å². The highest BCUT2D eigenvalue weighted by molar-refractivity contribution is 7.00. The number of carbonyl (C=O) groups is 1. The highest BCUT2D eigenvalue weighted by Gasteiger charge is 2.25. The van der Waals surface area contributed by atoms with Crippen molar-refractivity contribution in [1.82, 2.24) is 13.6 Å². The van der Waals surface area contributed by atoms with Crippen LogP contribution in [-0.2, 0) is 16.1 Å². The number of aromatic nitrogens is 2. The minimum Gasteiger partial charge on any atom is -0.466 e. The summed E-state index contributed by atoms with van der Waals surface area (Å²) in [6.45, 7) is 5.12. The first-order valence-corrected chi connectivity index (χ1v) is 8.09. The molecule has 0 spiro atoms. The molecule has 1 aliphatic rings. The number of benzene rings is 1. The number of hydrogen-bond donors (Lipinski definition) is 0. The maximum absolute atomic E-state index is 11.7. The van der Waals surface area contributed by atoms with Crippen molar-refractivity contribution in [3.8, 4) is 0 Å². The maximum atomic E-state index is 11.7. The van der Waals surface area contributed by atoms with Gasteiger partial charge in [0.1, 0.15) is 11.0 Å². The lowest BCUT2D eigenvalue weighted by Gasteiger charge is -2.30. The van der Waals surface area contributed by atoms with Crippen LogP contribution in [0, 0.1) is 5.92 Å². The summed E-state index contributed by atoms with van der Waals surface area (Å²) in [6.07, 6.45) is 1.78. The lowest BCUT2D eigenvalue weighted by Crippen LogP contribution is -2.36. The average Bonchev–Trinajstić information content (AvgIpc) is 2.96. The molecule has 0 aliphatic carbocycles. The fourth-order valence-corrected chi connectivity index (χ4v) is 3.29. The number of nitrogens with zero attached hydrogens (tertiary/aromatic N) is 3. The minimum absolute atomic E-state index is 0.0351. The van der Waals surface area contributed by atoms with Crippen LogP contribution in [0.2, 0.25) is 0 Å². The largest absolute Gasteiger partial charge is 0.466 e. The van der Waals surface area contributed by atoms with Gasteiger partial charge < -0.3 is 4.74 Å². The van der Waals surface area contributed by atoms with Gasteiger partial charge in [-0.05, 0) is 50.6 Å². The molecular formula is C15H19N3O2S. The van der Waals surface area contributed by atoms with Crippen LogP contribution in [0.25, 0.3) is 11.0 Å². The van der Waals surface area contributed by atoms with Gasteiger partial charge in [0.15, 0.2) is 0 Å². The topological polar surface area (TPSA) is 55.3 Å². The molecule has 0 N–H and O–H groups in total. The monoisotopic (exact) mass is 305 g/mol. The quantitative estimate of drug-likeness (QED) is 0.812. The van der Waals surface area contributed by atoms with E-state index >= 15 is 0 Å². The number of likely N-dealkylation sites (tertiary alicyclic amines) is 1. The smallest absolute Gasteiger partial charge is 0.309 e. The van der Waals surface area contributed by atoms with E-state index in [1.165, 1.54) is 17.3 Å². The third-order valence-corrected chi connectivity index (χ3v) is 4.49. The number of rotatable bonds is 4. The van der Waals surface area contributed by atoms with E-state index in [0.717, 1.165) is 43.5 Å². The number of carbonyl (C=O) groups excluding carboxylic acids is 1. The Labute approximate surface area is 128 Å². The summed E-state index contributed by atoms with van der Waals surface area (Å²) in [7, 11) is 0. The molecule has 21 heavy (non-hydrogen) atoms. The zero-order valence-electron chi connectivity index (χ0n) is 12.1. The molecule has 1 aliphatic heterocycles. The van der Waals surface area contributed by atoms with Gasteiger partial charge in [-0.25, -0.2) is 0 Å². The predicted octanol–water partition coefficient (Wildman–Crippen LogP) is 2.47. The molecule has 2 aromatic rings. The first-order valence-electron chi connectivity index (χ1n) is 7.36. The van der Waals surface area contributed by atoms with Crippen molar-refractivity contribution in [2.24, 2.45) is 5.92 Å². The van der Waals surface area contributed by atoms with E-state index < -0.39 is 0 Å². The Morgan fingerprint density at radius 2 is 2.10 bits per heavy atom. The first kappa shape index (κ1) is 14.4. The molecule has 0 amide bonds. The van der Waals surface area contributed by atoms with Crippen LogP contribution in [0.5, 0.6) is 0 Å². The van der Waals surface area contributed by atoms with E-state index in [1.807, 2.05) is 13.0 Å². The highest BCUT2D eigenvalue weighted by Crippen LogP contribution is 2.21. The van der Waals surface area contributed by atoms with Crippen LogP contribution in [0.4, 0.5) is 0 Å². The SMILES string of the molecule is CCOC(=O)C1CCN(Cc2ccc3nsnc3c2)CC1. The van der Waals surface area contributed by atoms with E-state index in [2.05, 4.69) is 25.8 Å². The molecule has 1 fully saturated rings. The molecule has 0 atom stereocenters. The van der Waals surface area contributed by atoms with Crippen molar-refractivity contribution in [2.75, 3.05) is 19.7 Å². The van der Waals surface area contributed by atoms with E-state index in [0.29, 0.717) is 6.61 Å². The summed E-state index contributed by atoms with van der Waals surface area (Å²) < 4.78 is 13.6. The van der Waals surface area contributed by atoms with Gasteiger partial charge in [-0.1, -0.05) is 6.07 Å². The van der Waals surface area contributed by atoms with Crippen molar-refractivity contribution >= 4 is 28.7 Å². The minimum atomic E-state index is -0.0351. The molecule has 1 aromatic heterocycles. The molecule has 1 saturated heterocycles. The van der Waals surface area contributed by atoms with E-state index in [9.17, 15) is 4.79 Å². The molecular weight excluding hydrogens is 286 g/mol. The summed E-state index contributed by atoms with van der Waals surface area (Å²) in [5.74, 6) is 0.0403. The fraction of sp³-hybridized carbons (Fsp3) is 0.533. The number of esters is 1. The van der Waals surface area contributed by atoms with Gasteiger partial charge in [-0.3, -0.25) is 9.69 Å². The van der Waals surface area contributed by atoms with E-state index in [4.69, 9.17) is 4.74 Å². The molecule has 6 heteroatoms. The van der Waals surface area contributed by atoms with E-state index in [1.54, 1.807) is 0 Å². The van der Waals surface area contributed by atoms with Gasteiger partial charge in [0.05, 0.1) is 24.3 Å². The van der Waals surface area contributed by atoms with Gasteiger partial charge in [0, 0.05) is 6.54 Å². The standard InChI is InChI=1S/C15H19N3O2S/c1-2-20-15(19)12-5-7-18(8-6-12)10-11-3-4-13-14(9-11)17-21-16-13/h3-4,9,12H,2,5-8,10H2,1H3. The Morgan fingerprint density at radius 1 is 1.33 bits per heavy atom. The van der Waals surface area contributed by atoms with Crippen molar-refractivity contribution in [1.29, 1.82) is 0 Å². The van der Waals surface area contributed by atoms with Crippen molar-refractivity contribution in [2.45, 2.75) is 26.3 Å². The van der Waals surface area contributed by atoms with E-state index in [-0.39, 0.29) is 11.9 Å². The molecule has 5 nitrogen and oxygen atoms in total. The summed E-state index contributed by atoms with van der Waals surface area (Å²) in [5, 5.41) is 0. The van der Waals surface area contributed by atoms with Gasteiger partial charge in [-0.2, -0.15) is 8.75 Å². The molecule has 3 rings (SSSR count). The molecule has 1 aromatic carbocycles. The Kier molecular flexibility index (Phi) is 4.45. The van der Waals surface area contributed by atoms with Gasteiger partial charge >= 0.3 is 5.97 Å². The average molecular weight is 305 g/mol. The second-order valence-corrected chi connectivity index (χ2v) is 5.92. The Morgan fingerprint density at radius 3 is 2.86 bits per heavy atom. The third kappa shape index (κ3) is 3.39. The number of piperidine rings is 1. The van der Waals surface area contributed by atoms with Gasteiger partial charge in [0.2, 0.25) is 0 Å². The van der Waals surface area contributed by atoms with Crippen molar-refractivity contribution < 1.29 is 9.53 Å². The van der Waals surface area contributed by atoms with Crippen molar-refractivity contribution in [3.63, 3.8) is 0 Å². The van der Waals surface area contributed by atoms with Crippen LogP contribution >= 0.6 is 11.7 Å². The lowest BCUT2D eigenvalue weighted by molar-refractivity contribution is -0.149.